The molecular weight excluding hydrogens is 1290 g/mol. The second kappa shape index (κ2) is 71.7. The minimum atomic E-state index is -4.96. The van der Waals surface area contributed by atoms with Gasteiger partial charge in [-0.1, -0.05) is 369 Å². The fourth-order valence-electron chi connectivity index (χ4n) is 12.4. The Morgan fingerprint density at radius 3 is 0.687 bits per heavy atom. The number of phosphoric acid groups is 2. The van der Waals surface area contributed by atoms with E-state index in [1.807, 2.05) is 0 Å². The van der Waals surface area contributed by atoms with Gasteiger partial charge in [-0.25, -0.2) is 9.13 Å². The molecule has 0 amide bonds. The third-order valence-corrected chi connectivity index (χ3v) is 20.6. The molecule has 0 aromatic heterocycles. The van der Waals surface area contributed by atoms with E-state index in [0.29, 0.717) is 25.7 Å². The normalized spacial score (nSPS) is 13.9. The third kappa shape index (κ3) is 74.1. The lowest BCUT2D eigenvalue weighted by atomic mass is 10.0. The Morgan fingerprint density at radius 2 is 0.465 bits per heavy atom. The van der Waals surface area contributed by atoms with Crippen molar-refractivity contribution in [2.24, 2.45) is 11.8 Å². The number of aliphatic hydroxyl groups excluding tert-OH is 1. The summed E-state index contributed by atoms with van der Waals surface area (Å²) in [6.07, 6.45) is 61.4. The first-order valence-corrected chi connectivity index (χ1v) is 44.5. The van der Waals surface area contributed by atoms with Gasteiger partial charge < -0.3 is 33.8 Å². The SMILES string of the molecule is CCCCCCCCCCCCCCCCCCCCCC(=O)OC[C@H](COP(=O)(O)OC[C@@H](O)COP(=O)(O)OC[C@@H](COC(=O)CCCCCCCCC)OC(=O)CCCCCCCCCCCC(C)C)OC(=O)CCCCCCCCCCCCCCCCCCCCC(C)C. The van der Waals surface area contributed by atoms with Crippen molar-refractivity contribution >= 4 is 39.5 Å². The van der Waals surface area contributed by atoms with Crippen LogP contribution in [0.5, 0.6) is 0 Å². The van der Waals surface area contributed by atoms with Gasteiger partial charge in [0.25, 0.3) is 0 Å². The van der Waals surface area contributed by atoms with Crippen molar-refractivity contribution in [1.82, 2.24) is 0 Å². The molecule has 0 heterocycles. The maximum Gasteiger partial charge on any atom is 0.472 e. The fourth-order valence-corrected chi connectivity index (χ4v) is 13.9. The van der Waals surface area contributed by atoms with Crippen molar-refractivity contribution in [3.63, 3.8) is 0 Å². The molecular formula is C80H156O17P2. The molecule has 0 aliphatic carbocycles. The monoisotopic (exact) mass is 1450 g/mol. The zero-order chi connectivity index (χ0) is 72.8. The molecule has 5 atom stereocenters. The maximum absolute atomic E-state index is 13.1. The van der Waals surface area contributed by atoms with Crippen molar-refractivity contribution in [2.45, 2.75) is 439 Å². The van der Waals surface area contributed by atoms with E-state index < -0.39 is 97.5 Å². The van der Waals surface area contributed by atoms with Gasteiger partial charge in [0, 0.05) is 25.7 Å². The highest BCUT2D eigenvalue weighted by Gasteiger charge is 2.30. The highest BCUT2D eigenvalue weighted by atomic mass is 31.2. The van der Waals surface area contributed by atoms with E-state index >= 15 is 0 Å². The average Bonchev–Trinajstić information content (AvgIpc) is 1.05. The molecule has 99 heavy (non-hydrogen) atoms. The molecule has 588 valence electrons. The molecule has 19 heteroatoms. The molecule has 0 rings (SSSR count). The van der Waals surface area contributed by atoms with Gasteiger partial charge in [-0.05, 0) is 37.5 Å². The Balaban J connectivity index is 5.16. The van der Waals surface area contributed by atoms with Crippen LogP contribution in [-0.2, 0) is 65.4 Å². The van der Waals surface area contributed by atoms with Gasteiger partial charge in [-0.2, -0.15) is 0 Å². The predicted molar refractivity (Wildman–Crippen MR) is 405 cm³/mol. The molecule has 0 bridgehead atoms. The van der Waals surface area contributed by atoms with E-state index in [0.717, 1.165) is 115 Å². The zero-order valence-electron chi connectivity index (χ0n) is 64.8. The number of carbonyl (C=O) groups is 4. The van der Waals surface area contributed by atoms with E-state index in [-0.39, 0.29) is 25.7 Å². The quantitative estimate of drug-likeness (QED) is 0.0222. The van der Waals surface area contributed by atoms with Gasteiger partial charge in [0.05, 0.1) is 26.4 Å². The molecule has 0 aromatic carbocycles. The lowest BCUT2D eigenvalue weighted by Crippen LogP contribution is -2.30. The Labute approximate surface area is 607 Å². The number of carbonyl (C=O) groups excluding carboxylic acids is 4. The third-order valence-electron chi connectivity index (χ3n) is 18.7. The van der Waals surface area contributed by atoms with Gasteiger partial charge in [0.15, 0.2) is 12.2 Å². The van der Waals surface area contributed by atoms with E-state index in [4.69, 9.17) is 37.0 Å². The summed E-state index contributed by atoms with van der Waals surface area (Å²) >= 11 is 0. The molecule has 0 fully saturated rings. The minimum absolute atomic E-state index is 0.105. The molecule has 0 spiro atoms. The van der Waals surface area contributed by atoms with Gasteiger partial charge in [0.2, 0.25) is 0 Å². The summed E-state index contributed by atoms with van der Waals surface area (Å²) < 4.78 is 68.5. The number of unbranched alkanes of at least 4 members (excludes halogenated alkanes) is 49. The number of ether oxygens (including phenoxy) is 4. The molecule has 0 aliphatic rings. The highest BCUT2D eigenvalue weighted by Crippen LogP contribution is 2.45. The average molecular weight is 1450 g/mol. The van der Waals surface area contributed by atoms with Gasteiger partial charge in [-0.15, -0.1) is 0 Å². The second-order valence-corrected chi connectivity index (χ2v) is 32.7. The van der Waals surface area contributed by atoms with Gasteiger partial charge in [0.1, 0.15) is 19.3 Å². The van der Waals surface area contributed by atoms with Crippen LogP contribution in [0.3, 0.4) is 0 Å². The molecule has 0 saturated carbocycles. The van der Waals surface area contributed by atoms with E-state index in [2.05, 4.69) is 41.5 Å². The first-order chi connectivity index (χ1) is 47.9. The standard InChI is InChI=1S/C80H156O17P2/c1-7-9-11-13-15-16-17-18-19-20-21-25-28-31-34-39-45-51-57-63-78(83)91-69-76(97-79(84)64-58-52-46-40-35-32-29-26-23-22-24-27-30-33-37-43-48-54-60-72(3)4)71-95-99(88,89)93-67-74(81)66-92-98(86,87)94-70-75(68-90-77(82)62-56-50-42-14-12-10-8-2)96-80(85)65-59-53-47-41-36-38-44-49-55-61-73(5)6/h72-76,81H,7-71H2,1-6H3,(H,86,87)(H,88,89)/t74-,75+,76+/m0/s1. The predicted octanol–water partition coefficient (Wildman–Crippen LogP) is 23.9. The Hall–Kier alpha value is -1.94. The van der Waals surface area contributed by atoms with Crippen LogP contribution in [-0.4, -0.2) is 96.7 Å². The number of rotatable bonds is 79. The summed E-state index contributed by atoms with van der Waals surface area (Å²) in [5.74, 6) is -0.559. The van der Waals surface area contributed by atoms with Gasteiger partial charge in [-0.3, -0.25) is 37.3 Å². The summed E-state index contributed by atoms with van der Waals surface area (Å²) in [4.78, 5) is 72.8. The Bertz CT molecular complexity index is 1910. The van der Waals surface area contributed by atoms with Crippen LogP contribution in [0.1, 0.15) is 420 Å². The minimum Gasteiger partial charge on any atom is -0.462 e. The van der Waals surface area contributed by atoms with E-state index in [1.54, 1.807) is 0 Å². The van der Waals surface area contributed by atoms with Crippen molar-refractivity contribution in [2.75, 3.05) is 39.6 Å². The second-order valence-electron chi connectivity index (χ2n) is 29.8. The van der Waals surface area contributed by atoms with E-state index in [1.165, 1.54) is 225 Å². The van der Waals surface area contributed by atoms with Crippen molar-refractivity contribution in [1.29, 1.82) is 0 Å². The van der Waals surface area contributed by atoms with Crippen molar-refractivity contribution < 1.29 is 80.2 Å². The first kappa shape index (κ1) is 97.1. The Kier molecular flexibility index (Phi) is 70.3. The summed E-state index contributed by atoms with van der Waals surface area (Å²) in [6, 6.07) is 0. The maximum atomic E-state index is 13.1. The van der Waals surface area contributed by atoms with Crippen LogP contribution in [0.15, 0.2) is 0 Å². The molecule has 2 unspecified atom stereocenters. The van der Waals surface area contributed by atoms with Crippen LogP contribution in [0.4, 0.5) is 0 Å². The number of hydrogen-bond acceptors (Lipinski definition) is 15. The smallest absolute Gasteiger partial charge is 0.462 e. The number of esters is 4. The van der Waals surface area contributed by atoms with Crippen molar-refractivity contribution in [3.8, 4) is 0 Å². The molecule has 3 N–H and O–H groups in total. The highest BCUT2D eigenvalue weighted by molar-refractivity contribution is 7.47. The Morgan fingerprint density at radius 1 is 0.273 bits per heavy atom. The molecule has 17 nitrogen and oxygen atoms in total. The lowest BCUT2D eigenvalue weighted by molar-refractivity contribution is -0.161. The molecule has 0 radical (unpaired) electrons. The lowest BCUT2D eigenvalue weighted by Gasteiger charge is -2.21. The number of aliphatic hydroxyl groups is 1. The molecule has 0 aliphatic heterocycles. The van der Waals surface area contributed by atoms with E-state index in [9.17, 15) is 43.2 Å². The van der Waals surface area contributed by atoms with Crippen LogP contribution in [0.2, 0.25) is 0 Å². The zero-order valence-corrected chi connectivity index (χ0v) is 66.6. The van der Waals surface area contributed by atoms with Crippen LogP contribution in [0.25, 0.3) is 0 Å². The summed E-state index contributed by atoms with van der Waals surface area (Å²) in [5.41, 5.74) is 0. The topological polar surface area (TPSA) is 237 Å². The van der Waals surface area contributed by atoms with Crippen LogP contribution in [0, 0.1) is 11.8 Å². The summed E-state index contributed by atoms with van der Waals surface area (Å²) in [6.45, 7) is 9.59. The van der Waals surface area contributed by atoms with Crippen LogP contribution >= 0.6 is 15.6 Å². The first-order valence-electron chi connectivity index (χ1n) is 41.5. The van der Waals surface area contributed by atoms with Crippen LogP contribution < -0.4 is 0 Å². The largest absolute Gasteiger partial charge is 0.472 e. The number of phosphoric ester groups is 2. The summed E-state index contributed by atoms with van der Waals surface area (Å²) in [7, 11) is -9.91. The fraction of sp³-hybridized carbons (Fsp3) is 0.950. The molecule has 0 saturated heterocycles. The molecule has 0 aromatic rings. The van der Waals surface area contributed by atoms with Gasteiger partial charge >= 0.3 is 39.5 Å². The van der Waals surface area contributed by atoms with Crippen molar-refractivity contribution in [3.05, 3.63) is 0 Å². The number of hydrogen-bond donors (Lipinski definition) is 3. The summed E-state index contributed by atoms with van der Waals surface area (Å²) in [5, 5.41) is 10.6.